The number of hydrogen-bond donors (Lipinski definition) is 2. The third-order valence-electron chi connectivity index (χ3n) is 5.31. The van der Waals surface area contributed by atoms with Gasteiger partial charge in [-0.05, 0) is 69.8 Å². The molecule has 0 fully saturated rings. The number of aromatic amines is 1. The number of nitrogens with zero attached hydrogens (tertiary/aromatic N) is 1. The molecule has 3 rings (SSSR count). The van der Waals surface area contributed by atoms with Crippen LogP contribution in [0.25, 0.3) is 11.6 Å². The molecule has 0 radical (unpaired) electrons. The van der Waals surface area contributed by atoms with Crippen molar-refractivity contribution in [3.63, 3.8) is 0 Å². The van der Waals surface area contributed by atoms with Gasteiger partial charge in [0.1, 0.15) is 0 Å². The van der Waals surface area contributed by atoms with Crippen molar-refractivity contribution in [2.75, 3.05) is 40.2 Å². The number of fused-ring (bicyclic) bond motifs is 1. The number of nitrogens with one attached hydrogen (secondary N) is 2. The lowest BCUT2D eigenvalue weighted by molar-refractivity contribution is -0.110. The maximum Gasteiger partial charge on any atom is 0.360 e. The van der Waals surface area contributed by atoms with E-state index in [1.807, 2.05) is 13.0 Å². The van der Waals surface area contributed by atoms with Crippen molar-refractivity contribution in [1.29, 1.82) is 0 Å². The van der Waals surface area contributed by atoms with E-state index in [1.54, 1.807) is 18.2 Å². The van der Waals surface area contributed by atoms with Crippen LogP contribution < -0.4 is 10.6 Å². The summed E-state index contributed by atoms with van der Waals surface area (Å²) in [6, 6.07) is 5.08. The molecule has 0 saturated heterocycles. The number of hydrogen-bond acceptors (Lipinski definition) is 5. The molecule has 0 saturated carbocycles. The molecule has 1 aromatic heterocycles. The van der Waals surface area contributed by atoms with E-state index in [2.05, 4.69) is 36.2 Å². The summed E-state index contributed by atoms with van der Waals surface area (Å²) in [4.78, 5) is 18.2. The van der Waals surface area contributed by atoms with E-state index in [0.29, 0.717) is 22.1 Å². The second-order valence-electron chi connectivity index (χ2n) is 7.43. The molecule has 1 aliphatic rings. The number of aromatic nitrogens is 1. The van der Waals surface area contributed by atoms with Gasteiger partial charge in [0.25, 0.3) is 5.91 Å². The molecule has 7 nitrogen and oxygen atoms in total. The Kier molecular flexibility index (Phi) is 6.15. The maximum atomic E-state index is 12.7. The Morgan fingerprint density at radius 3 is 2.48 bits per heavy atom. The van der Waals surface area contributed by atoms with Crippen molar-refractivity contribution in [2.24, 2.45) is 0 Å². The number of rotatable bonds is 7. The zero-order valence-electron chi connectivity index (χ0n) is 17.8. The standard InChI is InChI=1S/C21H28N3O4P/c1-13-16(9-10-24(3)4)14(2)22-20(13)12-18-17-11-15(29(26,27-5)28-6)7-8-19(17)23-21(18)25/h7-8,11-12,22H,9-10H2,1-6H3,(H,23,25)/b18-12-. The van der Waals surface area contributed by atoms with E-state index in [0.717, 1.165) is 29.9 Å². The maximum absolute atomic E-state index is 12.7. The van der Waals surface area contributed by atoms with Gasteiger partial charge in [-0.3, -0.25) is 9.36 Å². The number of carbonyl (C=O) groups is 1. The third kappa shape index (κ3) is 4.09. The first-order valence-corrected chi connectivity index (χ1v) is 11.0. The molecule has 2 N–H and O–H groups in total. The molecule has 0 spiro atoms. The van der Waals surface area contributed by atoms with Gasteiger partial charge in [-0.15, -0.1) is 0 Å². The average Bonchev–Trinajstić information content (AvgIpc) is 3.14. The minimum atomic E-state index is -3.40. The Labute approximate surface area is 171 Å². The number of likely N-dealkylation sites (N-methyl/N-ethyl adjacent to an activating group) is 1. The Morgan fingerprint density at radius 2 is 1.86 bits per heavy atom. The van der Waals surface area contributed by atoms with Crippen molar-refractivity contribution < 1.29 is 18.4 Å². The Hall–Kier alpha value is -2.18. The lowest BCUT2D eigenvalue weighted by Crippen LogP contribution is -2.15. The number of carbonyl (C=O) groups excluding carboxylic acids is 1. The van der Waals surface area contributed by atoms with Crippen LogP contribution in [-0.4, -0.2) is 50.7 Å². The molecule has 0 atom stereocenters. The molecule has 8 heteroatoms. The topological polar surface area (TPSA) is 83.7 Å². The second-order valence-corrected chi connectivity index (χ2v) is 9.67. The quantitative estimate of drug-likeness (QED) is 0.533. The molecular weight excluding hydrogens is 389 g/mol. The van der Waals surface area contributed by atoms with Gasteiger partial charge >= 0.3 is 7.60 Å². The molecule has 1 amide bonds. The van der Waals surface area contributed by atoms with Crippen LogP contribution in [0.4, 0.5) is 5.69 Å². The van der Waals surface area contributed by atoms with Crippen LogP contribution in [0.1, 0.15) is 28.1 Å². The normalized spacial score (nSPS) is 15.3. The Morgan fingerprint density at radius 1 is 1.17 bits per heavy atom. The van der Waals surface area contributed by atoms with Crippen molar-refractivity contribution in [2.45, 2.75) is 20.3 Å². The van der Waals surface area contributed by atoms with Gasteiger partial charge in [0.15, 0.2) is 0 Å². The molecule has 0 unspecified atom stereocenters. The predicted molar refractivity (Wildman–Crippen MR) is 117 cm³/mol. The van der Waals surface area contributed by atoms with Crippen molar-refractivity contribution in [1.82, 2.24) is 9.88 Å². The summed E-state index contributed by atoms with van der Waals surface area (Å²) < 4.78 is 22.9. The summed E-state index contributed by atoms with van der Waals surface area (Å²) in [5.74, 6) is -0.191. The van der Waals surface area contributed by atoms with Crippen LogP contribution >= 0.6 is 7.60 Å². The lowest BCUT2D eigenvalue weighted by Gasteiger charge is -2.14. The van der Waals surface area contributed by atoms with Gasteiger partial charge in [-0.25, -0.2) is 0 Å². The SMILES string of the molecule is COP(=O)(OC)c1ccc2c(c1)/C(=C/c1[nH]c(C)c(CCN(C)C)c1C)C(=O)N2. The first-order valence-electron chi connectivity index (χ1n) is 9.42. The minimum absolute atomic E-state index is 0.191. The van der Waals surface area contributed by atoms with Crippen LogP contribution in [0, 0.1) is 13.8 Å². The summed E-state index contributed by atoms with van der Waals surface area (Å²) in [6.45, 7) is 5.06. The summed E-state index contributed by atoms with van der Waals surface area (Å²) in [6.07, 6.45) is 2.79. The molecule has 1 aromatic carbocycles. The molecule has 0 aliphatic carbocycles. The number of benzene rings is 1. The largest absolute Gasteiger partial charge is 0.360 e. The summed E-state index contributed by atoms with van der Waals surface area (Å²) in [5, 5.41) is 3.28. The smallest absolute Gasteiger partial charge is 0.359 e. The van der Waals surface area contributed by atoms with Crippen molar-refractivity contribution in [3.05, 3.63) is 46.3 Å². The molecule has 0 bridgehead atoms. The number of H-pyrrole nitrogens is 1. The monoisotopic (exact) mass is 417 g/mol. The first-order chi connectivity index (χ1) is 13.7. The summed E-state index contributed by atoms with van der Waals surface area (Å²) >= 11 is 0. The fourth-order valence-corrected chi connectivity index (χ4v) is 4.70. The average molecular weight is 417 g/mol. The minimum Gasteiger partial charge on any atom is -0.359 e. The highest BCUT2D eigenvalue weighted by atomic mass is 31.2. The summed E-state index contributed by atoms with van der Waals surface area (Å²) in [7, 11) is 3.39. The van der Waals surface area contributed by atoms with Gasteiger partial charge in [-0.2, -0.15) is 0 Å². The van der Waals surface area contributed by atoms with Crippen molar-refractivity contribution in [3.8, 4) is 0 Å². The number of anilines is 1. The number of amides is 1. The number of aryl methyl sites for hydroxylation is 1. The van der Waals surface area contributed by atoms with Crippen LogP contribution in [0.5, 0.6) is 0 Å². The van der Waals surface area contributed by atoms with Gasteiger partial charge < -0.3 is 24.2 Å². The Bertz CT molecular complexity index is 1020. The van der Waals surface area contributed by atoms with E-state index < -0.39 is 7.60 Å². The highest BCUT2D eigenvalue weighted by Crippen LogP contribution is 2.46. The highest BCUT2D eigenvalue weighted by Gasteiger charge is 2.30. The van der Waals surface area contributed by atoms with E-state index in [1.165, 1.54) is 19.8 Å². The molecule has 2 heterocycles. The van der Waals surface area contributed by atoms with Crippen LogP contribution in [0.15, 0.2) is 18.2 Å². The zero-order chi connectivity index (χ0) is 21.3. The van der Waals surface area contributed by atoms with E-state index in [-0.39, 0.29) is 5.91 Å². The van der Waals surface area contributed by atoms with E-state index >= 15 is 0 Å². The van der Waals surface area contributed by atoms with Crippen LogP contribution in [0.3, 0.4) is 0 Å². The summed E-state index contributed by atoms with van der Waals surface area (Å²) in [5.41, 5.74) is 6.29. The highest BCUT2D eigenvalue weighted by molar-refractivity contribution is 7.62. The third-order valence-corrected chi connectivity index (χ3v) is 7.18. The second kappa shape index (κ2) is 8.28. The zero-order valence-corrected chi connectivity index (χ0v) is 18.6. The van der Waals surface area contributed by atoms with Gasteiger partial charge in [-0.1, -0.05) is 0 Å². The molecule has 1 aliphatic heterocycles. The van der Waals surface area contributed by atoms with Gasteiger partial charge in [0.2, 0.25) is 0 Å². The van der Waals surface area contributed by atoms with E-state index in [4.69, 9.17) is 9.05 Å². The van der Waals surface area contributed by atoms with Gasteiger partial charge in [0, 0.05) is 43.4 Å². The van der Waals surface area contributed by atoms with E-state index in [9.17, 15) is 9.36 Å². The van der Waals surface area contributed by atoms with Crippen LogP contribution in [-0.2, 0) is 24.8 Å². The molecule has 2 aromatic rings. The van der Waals surface area contributed by atoms with Crippen LogP contribution in [0.2, 0.25) is 0 Å². The van der Waals surface area contributed by atoms with Gasteiger partial charge in [0.05, 0.1) is 10.9 Å². The van der Waals surface area contributed by atoms with Crippen molar-refractivity contribution >= 4 is 36.1 Å². The Balaban J connectivity index is 2.04. The fourth-order valence-electron chi connectivity index (χ4n) is 3.59. The predicted octanol–water partition coefficient (Wildman–Crippen LogP) is 3.34. The molecular formula is C21H28N3O4P. The first kappa shape index (κ1) is 21.5. The fraction of sp³-hybridized carbons (Fsp3) is 0.381. The molecule has 156 valence electrons. The molecule has 29 heavy (non-hydrogen) atoms. The lowest BCUT2D eigenvalue weighted by atomic mass is 10.0.